The molecule has 0 spiro atoms. The molecular weight excluding hydrogens is 375 g/mol. The summed E-state index contributed by atoms with van der Waals surface area (Å²) in [7, 11) is 1.74. The molecule has 7 heteroatoms. The van der Waals surface area contributed by atoms with Crippen LogP contribution in [0.1, 0.15) is 6.42 Å². The van der Waals surface area contributed by atoms with Crippen molar-refractivity contribution >= 4 is 40.5 Å². The van der Waals surface area contributed by atoms with E-state index < -0.39 is 0 Å². The summed E-state index contributed by atoms with van der Waals surface area (Å²) < 4.78 is 10.8. The summed E-state index contributed by atoms with van der Waals surface area (Å²) in [4.78, 5) is 14.3. The van der Waals surface area contributed by atoms with Gasteiger partial charge >= 0.3 is 0 Å². The number of halogens is 2. The summed E-state index contributed by atoms with van der Waals surface area (Å²) in [5, 5.41) is 3.69. The molecule has 3 rings (SSSR count). The van der Waals surface area contributed by atoms with Gasteiger partial charge in [-0.25, -0.2) is 0 Å². The number of carbonyl (C=O) groups excluding carboxylic acids is 1. The zero-order chi connectivity index (χ0) is 18.5. The third kappa shape index (κ3) is 4.81. The normalized spacial score (nSPS) is 16.6. The lowest BCUT2D eigenvalue weighted by Gasteiger charge is -2.18. The first kappa shape index (κ1) is 18.8. The first-order valence-electron chi connectivity index (χ1n) is 8.30. The molecule has 0 aromatic heterocycles. The zero-order valence-electron chi connectivity index (χ0n) is 14.4. The van der Waals surface area contributed by atoms with E-state index in [1.165, 1.54) is 0 Å². The molecule has 1 unspecified atom stereocenters. The summed E-state index contributed by atoms with van der Waals surface area (Å²) in [5.74, 6) is 0.160. The second-order valence-electron chi connectivity index (χ2n) is 6.05. The molecule has 1 atom stereocenters. The van der Waals surface area contributed by atoms with Gasteiger partial charge in [0, 0.05) is 36.6 Å². The Morgan fingerprint density at radius 3 is 2.65 bits per heavy atom. The van der Waals surface area contributed by atoms with Crippen molar-refractivity contribution in [1.82, 2.24) is 0 Å². The molecule has 26 heavy (non-hydrogen) atoms. The van der Waals surface area contributed by atoms with Gasteiger partial charge < -0.3 is 19.7 Å². The Kier molecular flexibility index (Phi) is 6.25. The molecule has 0 aliphatic carbocycles. The Hall–Kier alpha value is -1.95. The molecule has 0 saturated carbocycles. The number of benzene rings is 2. The highest BCUT2D eigenvalue weighted by Crippen LogP contribution is 2.27. The van der Waals surface area contributed by atoms with E-state index in [-0.39, 0.29) is 18.6 Å². The number of hydrogen-bond acceptors (Lipinski definition) is 4. The minimum absolute atomic E-state index is 0.134. The van der Waals surface area contributed by atoms with Gasteiger partial charge in [-0.2, -0.15) is 0 Å². The van der Waals surface area contributed by atoms with Crippen LogP contribution in [0.5, 0.6) is 5.75 Å². The van der Waals surface area contributed by atoms with E-state index in [9.17, 15) is 4.79 Å². The molecule has 5 nitrogen and oxygen atoms in total. The van der Waals surface area contributed by atoms with Gasteiger partial charge in [0.2, 0.25) is 0 Å². The highest BCUT2D eigenvalue weighted by molar-refractivity contribution is 6.35. The van der Waals surface area contributed by atoms with E-state index in [1.54, 1.807) is 25.3 Å². The van der Waals surface area contributed by atoms with Gasteiger partial charge in [-0.05, 0) is 48.9 Å². The standard InChI is InChI=1S/C19H20Cl2N2O3/c1-25-16-8-9-23(11-16)15-5-3-14(4-6-15)22-19(24)12-26-18-7-2-13(20)10-17(18)21/h2-7,10,16H,8-9,11-12H2,1H3,(H,22,24). The molecule has 1 heterocycles. The average Bonchev–Trinajstić information content (AvgIpc) is 3.11. The molecule has 2 aromatic carbocycles. The van der Waals surface area contributed by atoms with E-state index in [0.29, 0.717) is 21.5 Å². The van der Waals surface area contributed by atoms with Crippen LogP contribution in [-0.2, 0) is 9.53 Å². The minimum Gasteiger partial charge on any atom is -0.482 e. The van der Waals surface area contributed by atoms with Crippen LogP contribution in [0.2, 0.25) is 10.0 Å². The number of rotatable bonds is 6. The van der Waals surface area contributed by atoms with Gasteiger partial charge in [0.05, 0.1) is 11.1 Å². The van der Waals surface area contributed by atoms with Crippen LogP contribution in [0.4, 0.5) is 11.4 Å². The molecule has 1 amide bonds. The molecule has 1 aliphatic rings. The minimum atomic E-state index is -0.260. The van der Waals surface area contributed by atoms with Crippen LogP contribution in [0.3, 0.4) is 0 Å². The third-order valence-corrected chi connectivity index (χ3v) is 4.78. The van der Waals surface area contributed by atoms with Crippen molar-refractivity contribution in [3.05, 3.63) is 52.5 Å². The maximum Gasteiger partial charge on any atom is 0.262 e. The van der Waals surface area contributed by atoms with Gasteiger partial charge in [0.1, 0.15) is 5.75 Å². The van der Waals surface area contributed by atoms with Crippen molar-refractivity contribution in [2.45, 2.75) is 12.5 Å². The van der Waals surface area contributed by atoms with E-state index in [2.05, 4.69) is 10.2 Å². The third-order valence-electron chi connectivity index (χ3n) is 4.25. The fourth-order valence-electron chi connectivity index (χ4n) is 2.84. The van der Waals surface area contributed by atoms with E-state index >= 15 is 0 Å². The van der Waals surface area contributed by atoms with Crippen LogP contribution in [0.25, 0.3) is 0 Å². The van der Waals surface area contributed by atoms with Crippen LogP contribution < -0.4 is 15.0 Å². The van der Waals surface area contributed by atoms with Crippen LogP contribution >= 0.6 is 23.2 Å². The quantitative estimate of drug-likeness (QED) is 0.795. The van der Waals surface area contributed by atoms with E-state index in [0.717, 1.165) is 25.2 Å². The lowest BCUT2D eigenvalue weighted by atomic mass is 10.2. The largest absolute Gasteiger partial charge is 0.482 e. The Morgan fingerprint density at radius 1 is 1.23 bits per heavy atom. The number of anilines is 2. The predicted octanol–water partition coefficient (Wildman–Crippen LogP) is 4.24. The first-order chi connectivity index (χ1) is 12.5. The van der Waals surface area contributed by atoms with Crippen molar-refractivity contribution in [2.24, 2.45) is 0 Å². The SMILES string of the molecule is COC1CCN(c2ccc(NC(=O)COc3ccc(Cl)cc3Cl)cc2)C1. The number of hydrogen-bond donors (Lipinski definition) is 1. The van der Waals surface area contributed by atoms with Crippen molar-refractivity contribution in [2.75, 3.05) is 37.0 Å². The van der Waals surface area contributed by atoms with Gasteiger partial charge in [0.15, 0.2) is 6.61 Å². The molecule has 2 aromatic rings. The first-order valence-corrected chi connectivity index (χ1v) is 9.06. The summed E-state index contributed by atoms with van der Waals surface area (Å²) in [5.41, 5.74) is 1.83. The Morgan fingerprint density at radius 2 is 2.00 bits per heavy atom. The smallest absolute Gasteiger partial charge is 0.262 e. The van der Waals surface area contributed by atoms with Crippen LogP contribution in [0, 0.1) is 0 Å². The molecule has 1 aliphatic heterocycles. The molecule has 0 radical (unpaired) electrons. The van der Waals surface area contributed by atoms with Gasteiger partial charge in [0.25, 0.3) is 5.91 Å². The summed E-state index contributed by atoms with van der Waals surface area (Å²) >= 11 is 11.9. The number of carbonyl (C=O) groups is 1. The van der Waals surface area contributed by atoms with Crippen LogP contribution in [0.15, 0.2) is 42.5 Å². The van der Waals surface area contributed by atoms with Crippen molar-refractivity contribution < 1.29 is 14.3 Å². The number of amides is 1. The Balaban J connectivity index is 1.51. The molecule has 138 valence electrons. The highest BCUT2D eigenvalue weighted by atomic mass is 35.5. The Labute approximate surface area is 162 Å². The van der Waals surface area contributed by atoms with Gasteiger partial charge in [-0.15, -0.1) is 0 Å². The topological polar surface area (TPSA) is 50.8 Å². The maximum absolute atomic E-state index is 12.1. The number of ether oxygens (including phenoxy) is 2. The molecule has 1 saturated heterocycles. The summed E-state index contributed by atoms with van der Waals surface area (Å²) in [6, 6.07) is 12.6. The zero-order valence-corrected chi connectivity index (χ0v) is 15.9. The fourth-order valence-corrected chi connectivity index (χ4v) is 3.31. The second kappa shape index (κ2) is 8.62. The van der Waals surface area contributed by atoms with Crippen molar-refractivity contribution in [3.63, 3.8) is 0 Å². The molecule has 1 N–H and O–H groups in total. The fraction of sp³-hybridized carbons (Fsp3) is 0.316. The second-order valence-corrected chi connectivity index (χ2v) is 6.89. The molecule has 1 fully saturated rings. The predicted molar refractivity (Wildman–Crippen MR) is 105 cm³/mol. The molecular formula is C19H20Cl2N2O3. The summed E-state index contributed by atoms with van der Waals surface area (Å²) in [6.45, 7) is 1.72. The summed E-state index contributed by atoms with van der Waals surface area (Å²) in [6.07, 6.45) is 1.31. The monoisotopic (exact) mass is 394 g/mol. The van der Waals surface area contributed by atoms with Gasteiger partial charge in [-0.3, -0.25) is 4.79 Å². The van der Waals surface area contributed by atoms with E-state index in [1.807, 2.05) is 24.3 Å². The van der Waals surface area contributed by atoms with E-state index in [4.69, 9.17) is 32.7 Å². The number of nitrogens with zero attached hydrogens (tertiary/aromatic N) is 1. The van der Waals surface area contributed by atoms with Crippen LogP contribution in [-0.4, -0.2) is 38.8 Å². The van der Waals surface area contributed by atoms with Gasteiger partial charge in [-0.1, -0.05) is 23.2 Å². The number of methoxy groups -OCH3 is 1. The van der Waals surface area contributed by atoms with Crippen molar-refractivity contribution in [1.29, 1.82) is 0 Å². The van der Waals surface area contributed by atoms with Crippen molar-refractivity contribution in [3.8, 4) is 5.75 Å². The lowest BCUT2D eigenvalue weighted by Crippen LogP contribution is -2.22. The lowest BCUT2D eigenvalue weighted by molar-refractivity contribution is -0.118. The highest BCUT2D eigenvalue weighted by Gasteiger charge is 2.22. The number of nitrogens with one attached hydrogen (secondary N) is 1. The maximum atomic E-state index is 12.1. The Bertz CT molecular complexity index is 768. The molecule has 0 bridgehead atoms. The average molecular weight is 395 g/mol.